The van der Waals surface area contributed by atoms with Gasteiger partial charge >= 0.3 is 5.97 Å². The van der Waals surface area contributed by atoms with Crippen LogP contribution in [0.5, 0.6) is 0 Å². The van der Waals surface area contributed by atoms with Crippen molar-refractivity contribution in [2.24, 2.45) is 0 Å². The van der Waals surface area contributed by atoms with Crippen LogP contribution in [0.25, 0.3) is 0 Å². The van der Waals surface area contributed by atoms with Crippen LogP contribution in [-0.4, -0.2) is 28.3 Å². The number of anilines is 2. The maximum atomic E-state index is 11.9. The summed E-state index contributed by atoms with van der Waals surface area (Å²) in [6.45, 7) is -0.740. The lowest BCUT2D eigenvalue weighted by Gasteiger charge is -2.08. The van der Waals surface area contributed by atoms with Gasteiger partial charge in [-0.05, 0) is 18.2 Å². The Morgan fingerprint density at radius 1 is 1.11 bits per heavy atom. The van der Waals surface area contributed by atoms with Gasteiger partial charge in [-0.2, -0.15) is 0 Å². The maximum absolute atomic E-state index is 11.9. The van der Waals surface area contributed by atoms with Gasteiger partial charge in [-0.3, -0.25) is 25.0 Å². The van der Waals surface area contributed by atoms with Crippen LogP contribution < -0.4 is 11.1 Å². The number of nitrogens with one attached hydrogen (secondary N) is 1. The van der Waals surface area contributed by atoms with Gasteiger partial charge in [0.1, 0.15) is 5.69 Å². The molecule has 0 saturated heterocycles. The number of nitro groups is 2. The Balaban J connectivity index is 2.03. The molecular formula is C15H11ClN4O7. The van der Waals surface area contributed by atoms with E-state index in [0.29, 0.717) is 0 Å². The summed E-state index contributed by atoms with van der Waals surface area (Å²) in [5.74, 6) is -1.80. The minimum atomic E-state index is -0.988. The number of benzene rings is 2. The van der Waals surface area contributed by atoms with Crippen molar-refractivity contribution in [3.63, 3.8) is 0 Å². The normalized spacial score (nSPS) is 10.1. The van der Waals surface area contributed by atoms with Crippen molar-refractivity contribution in [3.8, 4) is 0 Å². The third-order valence-electron chi connectivity index (χ3n) is 3.23. The first-order valence-corrected chi connectivity index (χ1v) is 7.51. The second-order valence-electron chi connectivity index (χ2n) is 5.08. The lowest BCUT2D eigenvalue weighted by Crippen LogP contribution is -2.21. The van der Waals surface area contributed by atoms with E-state index in [1.807, 2.05) is 0 Å². The minimum absolute atomic E-state index is 0.0324. The van der Waals surface area contributed by atoms with Gasteiger partial charge in [0.2, 0.25) is 0 Å². The van der Waals surface area contributed by atoms with Gasteiger partial charge in [-0.25, -0.2) is 4.79 Å². The highest BCUT2D eigenvalue weighted by atomic mass is 35.5. The molecular weight excluding hydrogens is 384 g/mol. The average molecular weight is 395 g/mol. The minimum Gasteiger partial charge on any atom is -0.452 e. The number of non-ortho nitro benzene ring substituents is 1. The molecule has 140 valence electrons. The molecule has 0 bridgehead atoms. The van der Waals surface area contributed by atoms with Crippen LogP contribution >= 0.6 is 11.6 Å². The van der Waals surface area contributed by atoms with Crippen LogP contribution in [0, 0.1) is 20.2 Å². The summed E-state index contributed by atoms with van der Waals surface area (Å²) in [6.07, 6.45) is 0. The van der Waals surface area contributed by atoms with Crippen LogP contribution in [0.15, 0.2) is 36.4 Å². The van der Waals surface area contributed by atoms with Gasteiger partial charge in [-0.15, -0.1) is 0 Å². The maximum Gasteiger partial charge on any atom is 0.338 e. The first-order chi connectivity index (χ1) is 12.7. The molecule has 0 radical (unpaired) electrons. The molecule has 11 nitrogen and oxygen atoms in total. The number of halogens is 1. The summed E-state index contributed by atoms with van der Waals surface area (Å²) >= 11 is 5.84. The second kappa shape index (κ2) is 8.10. The number of esters is 1. The average Bonchev–Trinajstić information content (AvgIpc) is 2.61. The molecule has 2 aromatic carbocycles. The van der Waals surface area contributed by atoms with E-state index in [1.54, 1.807) is 0 Å². The SMILES string of the molecule is Nc1ccc(C(=O)OCC(=O)Nc2cc([N+](=O)[O-])ccc2Cl)cc1[N+](=O)[O-]. The smallest absolute Gasteiger partial charge is 0.338 e. The summed E-state index contributed by atoms with van der Waals surface area (Å²) in [6, 6.07) is 6.73. The standard InChI is InChI=1S/C15H11ClN4O7/c16-10-3-2-9(19(23)24)6-12(10)18-14(21)7-27-15(22)8-1-4-11(17)13(5-8)20(25)26/h1-6H,7,17H2,(H,18,21). The lowest BCUT2D eigenvalue weighted by molar-refractivity contribution is -0.384. The first kappa shape index (κ1) is 19.6. The van der Waals surface area contributed by atoms with Crippen molar-refractivity contribution in [2.45, 2.75) is 0 Å². The molecule has 0 atom stereocenters. The highest BCUT2D eigenvalue weighted by Crippen LogP contribution is 2.26. The van der Waals surface area contributed by atoms with E-state index < -0.39 is 34.0 Å². The molecule has 2 aromatic rings. The quantitative estimate of drug-likeness (QED) is 0.326. The topological polar surface area (TPSA) is 168 Å². The Kier molecular flexibility index (Phi) is 5.88. The number of amides is 1. The Morgan fingerprint density at radius 2 is 1.81 bits per heavy atom. The number of rotatable bonds is 6. The third kappa shape index (κ3) is 4.89. The van der Waals surface area contributed by atoms with Crippen LogP contribution in [0.3, 0.4) is 0 Å². The number of nitrogen functional groups attached to an aromatic ring is 1. The molecule has 0 aliphatic rings. The number of hydrogen-bond acceptors (Lipinski definition) is 8. The van der Waals surface area contributed by atoms with Gasteiger partial charge in [0.25, 0.3) is 17.3 Å². The Bertz CT molecular complexity index is 948. The van der Waals surface area contributed by atoms with E-state index in [0.717, 1.165) is 24.3 Å². The van der Waals surface area contributed by atoms with E-state index in [1.165, 1.54) is 12.1 Å². The fourth-order valence-corrected chi connectivity index (χ4v) is 2.12. The molecule has 2 rings (SSSR count). The van der Waals surface area contributed by atoms with E-state index in [4.69, 9.17) is 22.1 Å². The zero-order valence-corrected chi connectivity index (χ0v) is 14.1. The number of ether oxygens (including phenoxy) is 1. The first-order valence-electron chi connectivity index (χ1n) is 7.14. The van der Waals surface area contributed by atoms with Crippen molar-refractivity contribution < 1.29 is 24.2 Å². The summed E-state index contributed by atoms with van der Waals surface area (Å²) in [5, 5.41) is 23.9. The van der Waals surface area contributed by atoms with Crippen molar-refractivity contribution in [2.75, 3.05) is 17.7 Å². The predicted molar refractivity (Wildman–Crippen MR) is 94.5 cm³/mol. The number of carbonyl (C=O) groups is 2. The molecule has 0 aliphatic heterocycles. The van der Waals surface area contributed by atoms with Crippen LogP contribution in [0.1, 0.15) is 10.4 Å². The number of nitrogens with zero attached hydrogens (tertiary/aromatic N) is 2. The monoisotopic (exact) mass is 394 g/mol. The largest absolute Gasteiger partial charge is 0.452 e. The summed E-state index contributed by atoms with van der Waals surface area (Å²) in [5.41, 5.74) is 4.33. The van der Waals surface area contributed by atoms with Gasteiger partial charge in [0, 0.05) is 18.2 Å². The van der Waals surface area contributed by atoms with Crippen LogP contribution in [-0.2, 0) is 9.53 Å². The van der Waals surface area contributed by atoms with E-state index in [-0.39, 0.29) is 27.6 Å². The molecule has 0 spiro atoms. The predicted octanol–water partition coefficient (Wildman–Crippen LogP) is 2.53. The van der Waals surface area contributed by atoms with Crippen molar-refractivity contribution in [3.05, 3.63) is 67.2 Å². The second-order valence-corrected chi connectivity index (χ2v) is 5.48. The summed E-state index contributed by atoms with van der Waals surface area (Å²) in [7, 11) is 0. The van der Waals surface area contributed by atoms with Gasteiger partial charge < -0.3 is 15.8 Å². The van der Waals surface area contributed by atoms with E-state index in [2.05, 4.69) is 5.32 Å². The van der Waals surface area contributed by atoms with E-state index >= 15 is 0 Å². The number of hydrogen-bond donors (Lipinski definition) is 2. The zero-order valence-electron chi connectivity index (χ0n) is 13.4. The molecule has 0 fully saturated rings. The van der Waals surface area contributed by atoms with Crippen LogP contribution in [0.4, 0.5) is 22.7 Å². The molecule has 1 amide bonds. The fourth-order valence-electron chi connectivity index (χ4n) is 1.95. The van der Waals surface area contributed by atoms with Gasteiger partial charge in [0.05, 0.1) is 26.1 Å². The Labute approximate surface area is 156 Å². The molecule has 0 aliphatic carbocycles. The number of nitrogens with two attached hydrogens (primary N) is 1. The molecule has 0 heterocycles. The molecule has 12 heteroatoms. The summed E-state index contributed by atoms with van der Waals surface area (Å²) in [4.78, 5) is 43.9. The Morgan fingerprint density at radius 3 is 2.44 bits per heavy atom. The van der Waals surface area contributed by atoms with Crippen LogP contribution in [0.2, 0.25) is 5.02 Å². The van der Waals surface area contributed by atoms with Crippen molar-refractivity contribution in [1.82, 2.24) is 0 Å². The van der Waals surface area contributed by atoms with Crippen molar-refractivity contribution in [1.29, 1.82) is 0 Å². The van der Waals surface area contributed by atoms with Crippen molar-refractivity contribution >= 4 is 46.2 Å². The molecule has 27 heavy (non-hydrogen) atoms. The fraction of sp³-hybridized carbons (Fsp3) is 0.0667. The third-order valence-corrected chi connectivity index (χ3v) is 3.56. The molecule has 3 N–H and O–H groups in total. The number of carbonyl (C=O) groups excluding carboxylic acids is 2. The molecule has 0 aromatic heterocycles. The number of nitro benzene ring substituents is 2. The highest BCUT2D eigenvalue weighted by Gasteiger charge is 2.18. The zero-order chi connectivity index (χ0) is 20.1. The van der Waals surface area contributed by atoms with Gasteiger partial charge in [0.15, 0.2) is 6.61 Å². The highest BCUT2D eigenvalue weighted by molar-refractivity contribution is 6.33. The molecule has 0 unspecified atom stereocenters. The van der Waals surface area contributed by atoms with Gasteiger partial charge in [-0.1, -0.05) is 11.6 Å². The molecule has 0 saturated carbocycles. The lowest BCUT2D eigenvalue weighted by atomic mass is 10.2. The van der Waals surface area contributed by atoms with E-state index in [9.17, 15) is 29.8 Å². The Hall–Kier alpha value is -3.73. The summed E-state index contributed by atoms with van der Waals surface area (Å²) < 4.78 is 4.76.